The number of anilines is 1. The number of aryl methyl sites for hydroxylation is 1. The second-order valence-corrected chi connectivity index (χ2v) is 11.9. The summed E-state index contributed by atoms with van der Waals surface area (Å²) in [5.74, 6) is -0.0913. The molecule has 40 heavy (non-hydrogen) atoms. The van der Waals surface area contributed by atoms with Gasteiger partial charge in [0.15, 0.2) is 0 Å². The van der Waals surface area contributed by atoms with Crippen molar-refractivity contribution in [3.05, 3.63) is 113 Å². The summed E-state index contributed by atoms with van der Waals surface area (Å²) in [6.45, 7) is 1.43. The van der Waals surface area contributed by atoms with E-state index in [9.17, 15) is 13.2 Å². The summed E-state index contributed by atoms with van der Waals surface area (Å²) in [6.07, 6.45) is 1.61. The molecule has 5 aromatic rings. The number of amides is 1. The van der Waals surface area contributed by atoms with E-state index in [1.165, 1.54) is 19.2 Å². The number of carbonyl (C=O) groups excluding carboxylic acids is 1. The third kappa shape index (κ3) is 5.57. The summed E-state index contributed by atoms with van der Waals surface area (Å²) in [5.41, 5.74) is 4.70. The Morgan fingerprint density at radius 1 is 0.925 bits per heavy atom. The van der Waals surface area contributed by atoms with Crippen LogP contribution < -0.4 is 14.5 Å². The number of hydrazone groups is 1. The summed E-state index contributed by atoms with van der Waals surface area (Å²) < 4.78 is 34.3. The Kier molecular flexibility index (Phi) is 7.86. The molecule has 7 nitrogen and oxygen atoms in total. The van der Waals surface area contributed by atoms with Crippen LogP contribution >= 0.6 is 15.9 Å². The van der Waals surface area contributed by atoms with E-state index in [1.807, 2.05) is 55.5 Å². The van der Waals surface area contributed by atoms with Gasteiger partial charge in [-0.3, -0.25) is 9.10 Å². The third-order valence-electron chi connectivity index (χ3n) is 6.52. The zero-order valence-corrected chi connectivity index (χ0v) is 24.2. The lowest BCUT2D eigenvalue weighted by Gasteiger charge is -2.24. The summed E-state index contributed by atoms with van der Waals surface area (Å²) in [5, 5.41) is 8.32. The first kappa shape index (κ1) is 27.4. The van der Waals surface area contributed by atoms with Crippen molar-refractivity contribution < 1.29 is 17.9 Å². The number of sulfonamides is 1. The van der Waals surface area contributed by atoms with Gasteiger partial charge in [0.2, 0.25) is 0 Å². The van der Waals surface area contributed by atoms with Crippen LogP contribution in [0, 0.1) is 6.92 Å². The summed E-state index contributed by atoms with van der Waals surface area (Å²) in [6, 6.07) is 29.4. The number of nitrogens with zero attached hydrogens (tertiary/aromatic N) is 2. The molecule has 0 radical (unpaired) electrons. The predicted molar refractivity (Wildman–Crippen MR) is 164 cm³/mol. The third-order valence-corrected chi connectivity index (χ3v) is 8.91. The fourth-order valence-electron chi connectivity index (χ4n) is 4.48. The first-order valence-corrected chi connectivity index (χ1v) is 14.7. The van der Waals surface area contributed by atoms with Crippen LogP contribution in [0.15, 0.2) is 112 Å². The van der Waals surface area contributed by atoms with Crippen LogP contribution in [0.2, 0.25) is 0 Å². The summed E-state index contributed by atoms with van der Waals surface area (Å²) >= 11 is 3.35. The van der Waals surface area contributed by atoms with Crippen LogP contribution in [0.5, 0.6) is 5.75 Å². The first-order valence-electron chi connectivity index (χ1n) is 12.4. The Labute approximate surface area is 241 Å². The maximum Gasteiger partial charge on any atom is 0.264 e. The zero-order chi connectivity index (χ0) is 28.3. The van der Waals surface area contributed by atoms with E-state index in [0.717, 1.165) is 37.0 Å². The number of carbonyl (C=O) groups is 1. The second-order valence-electron chi connectivity index (χ2n) is 9.17. The number of halogens is 1. The molecule has 0 aliphatic heterocycles. The molecule has 9 heteroatoms. The number of rotatable bonds is 8. The molecular formula is C31H26BrN3O4S. The van der Waals surface area contributed by atoms with Crippen molar-refractivity contribution >= 4 is 65.3 Å². The highest BCUT2D eigenvalue weighted by atomic mass is 79.9. The molecule has 0 fully saturated rings. The Hall–Kier alpha value is -4.21. The molecule has 202 valence electrons. The number of nitrogens with one attached hydrogen (secondary N) is 1. The number of hydrogen-bond donors (Lipinski definition) is 1. The van der Waals surface area contributed by atoms with Gasteiger partial charge in [-0.15, -0.1) is 0 Å². The molecule has 5 rings (SSSR count). The first-order chi connectivity index (χ1) is 19.3. The number of methoxy groups -OCH3 is 1. The van der Waals surface area contributed by atoms with Gasteiger partial charge in [0, 0.05) is 5.56 Å². The fraction of sp³-hybridized carbons (Fsp3) is 0.0968. The number of fused-ring (bicyclic) bond motifs is 2. The molecule has 0 saturated heterocycles. The SMILES string of the molecule is COc1ccc(S(=O)(=O)N(CC(=O)N/N=C\c2c3ccccc3cc3ccccc23)c2ccc(C)cc2)cc1Br. The van der Waals surface area contributed by atoms with Gasteiger partial charge in [0.05, 0.1) is 28.4 Å². The Morgan fingerprint density at radius 3 is 2.15 bits per heavy atom. The Balaban J connectivity index is 1.45. The van der Waals surface area contributed by atoms with Crippen molar-refractivity contribution in [2.45, 2.75) is 11.8 Å². The normalized spacial score (nSPS) is 11.7. The predicted octanol–water partition coefficient (Wildman–Crippen LogP) is 6.42. The van der Waals surface area contributed by atoms with E-state index >= 15 is 0 Å². The van der Waals surface area contributed by atoms with Gasteiger partial charge in [-0.1, -0.05) is 66.2 Å². The molecule has 0 aromatic heterocycles. The van der Waals surface area contributed by atoms with Gasteiger partial charge in [-0.05, 0) is 80.8 Å². The number of ether oxygens (including phenoxy) is 1. The fourth-order valence-corrected chi connectivity index (χ4v) is 6.62. The Morgan fingerprint density at radius 2 is 1.55 bits per heavy atom. The standard InChI is InChI=1S/C31H26BrN3O4S/c1-21-11-13-24(14-12-21)35(40(37,38)25-15-16-30(39-2)29(32)18-25)20-31(36)34-33-19-28-26-9-5-3-7-22(26)17-23-8-4-6-10-27(23)28/h3-19H,20H2,1-2H3,(H,34,36)/b33-19-. The maximum atomic E-state index is 13.7. The lowest BCUT2D eigenvalue weighted by molar-refractivity contribution is -0.119. The molecule has 0 aliphatic carbocycles. The van der Waals surface area contributed by atoms with Crippen molar-refractivity contribution in [1.29, 1.82) is 0 Å². The average Bonchev–Trinajstić information content (AvgIpc) is 2.96. The van der Waals surface area contributed by atoms with Crippen molar-refractivity contribution in [1.82, 2.24) is 5.43 Å². The average molecular weight is 617 g/mol. The molecule has 0 heterocycles. The van der Waals surface area contributed by atoms with Crippen molar-refractivity contribution in [3.63, 3.8) is 0 Å². The van der Waals surface area contributed by atoms with Crippen LogP contribution in [0.3, 0.4) is 0 Å². The van der Waals surface area contributed by atoms with Crippen molar-refractivity contribution in [3.8, 4) is 5.75 Å². The quantitative estimate of drug-likeness (QED) is 0.124. The van der Waals surface area contributed by atoms with Crippen LogP contribution in [0.25, 0.3) is 21.5 Å². The minimum Gasteiger partial charge on any atom is -0.496 e. The van der Waals surface area contributed by atoms with Crippen LogP contribution in [-0.4, -0.2) is 34.2 Å². The number of benzene rings is 5. The minimum absolute atomic E-state index is 0.0132. The van der Waals surface area contributed by atoms with Gasteiger partial charge in [0.25, 0.3) is 15.9 Å². The molecular weight excluding hydrogens is 590 g/mol. The monoisotopic (exact) mass is 615 g/mol. The van der Waals surface area contributed by atoms with Crippen LogP contribution in [-0.2, 0) is 14.8 Å². The lowest BCUT2D eigenvalue weighted by Crippen LogP contribution is -2.39. The minimum atomic E-state index is -4.11. The van der Waals surface area contributed by atoms with Gasteiger partial charge >= 0.3 is 0 Å². The van der Waals surface area contributed by atoms with Crippen molar-refractivity contribution in [2.24, 2.45) is 5.10 Å². The maximum absolute atomic E-state index is 13.7. The highest BCUT2D eigenvalue weighted by molar-refractivity contribution is 9.10. The lowest BCUT2D eigenvalue weighted by atomic mass is 9.97. The molecule has 0 spiro atoms. The van der Waals surface area contributed by atoms with E-state index in [-0.39, 0.29) is 4.90 Å². The molecule has 1 amide bonds. The molecule has 1 N–H and O–H groups in total. The van der Waals surface area contributed by atoms with Crippen LogP contribution in [0.1, 0.15) is 11.1 Å². The zero-order valence-electron chi connectivity index (χ0n) is 21.8. The van der Waals surface area contributed by atoms with Gasteiger partial charge < -0.3 is 4.74 Å². The van der Waals surface area contributed by atoms with Crippen molar-refractivity contribution in [2.75, 3.05) is 18.0 Å². The highest BCUT2D eigenvalue weighted by Crippen LogP contribution is 2.31. The smallest absolute Gasteiger partial charge is 0.264 e. The van der Waals surface area contributed by atoms with Gasteiger partial charge in [-0.2, -0.15) is 5.10 Å². The molecule has 0 aliphatic rings. The van der Waals surface area contributed by atoms with E-state index in [2.05, 4.69) is 32.5 Å². The second kappa shape index (κ2) is 11.5. The summed E-state index contributed by atoms with van der Waals surface area (Å²) in [7, 11) is -2.61. The molecule has 0 saturated carbocycles. The molecule has 0 atom stereocenters. The summed E-state index contributed by atoms with van der Waals surface area (Å²) in [4.78, 5) is 13.1. The molecule has 0 bridgehead atoms. The van der Waals surface area contributed by atoms with E-state index in [0.29, 0.717) is 15.9 Å². The topological polar surface area (TPSA) is 88.1 Å². The van der Waals surface area contributed by atoms with Gasteiger partial charge in [-0.25, -0.2) is 13.8 Å². The number of hydrogen-bond acceptors (Lipinski definition) is 5. The molecule has 0 unspecified atom stereocenters. The largest absolute Gasteiger partial charge is 0.496 e. The van der Waals surface area contributed by atoms with E-state index in [4.69, 9.17) is 4.74 Å². The van der Waals surface area contributed by atoms with E-state index < -0.39 is 22.5 Å². The highest BCUT2D eigenvalue weighted by Gasteiger charge is 2.28. The molecule has 5 aromatic carbocycles. The van der Waals surface area contributed by atoms with Crippen LogP contribution in [0.4, 0.5) is 5.69 Å². The Bertz CT molecular complexity index is 1800. The van der Waals surface area contributed by atoms with E-state index in [1.54, 1.807) is 36.5 Å². The van der Waals surface area contributed by atoms with Gasteiger partial charge in [0.1, 0.15) is 12.3 Å².